The van der Waals surface area contributed by atoms with E-state index in [0.29, 0.717) is 12.0 Å². The maximum absolute atomic E-state index is 11.1. The molecule has 0 aromatic rings. The predicted octanol–water partition coefficient (Wildman–Crippen LogP) is 3.63. The molecule has 0 aromatic carbocycles. The molecule has 2 unspecified atom stereocenters. The van der Waals surface area contributed by atoms with E-state index in [4.69, 9.17) is 5.11 Å². The van der Waals surface area contributed by atoms with Gasteiger partial charge < -0.3 is 5.11 Å². The van der Waals surface area contributed by atoms with Gasteiger partial charge >= 0.3 is 5.97 Å². The summed E-state index contributed by atoms with van der Waals surface area (Å²) in [6, 6.07) is 0.482. The zero-order valence-corrected chi connectivity index (χ0v) is 13.1. The molecule has 1 aliphatic carbocycles. The van der Waals surface area contributed by atoms with Crippen LogP contribution >= 0.6 is 0 Å². The van der Waals surface area contributed by atoms with Gasteiger partial charge in [0.1, 0.15) is 0 Å². The van der Waals surface area contributed by atoms with E-state index in [2.05, 4.69) is 32.6 Å². The van der Waals surface area contributed by atoms with Crippen molar-refractivity contribution in [3.8, 4) is 0 Å². The van der Waals surface area contributed by atoms with Crippen LogP contribution in [0.5, 0.6) is 0 Å². The van der Waals surface area contributed by atoms with Crippen LogP contribution in [-0.4, -0.2) is 35.1 Å². The number of nitrogens with zero attached hydrogens (tertiary/aromatic N) is 1. The van der Waals surface area contributed by atoms with Crippen molar-refractivity contribution in [2.45, 2.75) is 65.8 Å². The van der Waals surface area contributed by atoms with E-state index in [1.165, 1.54) is 32.1 Å². The highest BCUT2D eigenvalue weighted by Crippen LogP contribution is 2.32. The number of carboxylic acid groups (broad SMARTS) is 1. The second-order valence-corrected chi connectivity index (χ2v) is 7.03. The Labute approximate surface area is 118 Å². The Morgan fingerprint density at radius 2 is 1.89 bits per heavy atom. The molecule has 3 heteroatoms. The highest BCUT2D eigenvalue weighted by molar-refractivity contribution is 5.69. The highest BCUT2D eigenvalue weighted by Gasteiger charge is 2.28. The maximum atomic E-state index is 11.1. The number of hydrogen-bond donors (Lipinski definition) is 1. The van der Waals surface area contributed by atoms with Crippen LogP contribution in [0.4, 0.5) is 0 Å². The lowest BCUT2D eigenvalue weighted by molar-refractivity contribution is -0.139. The standard InChI is InChI=1S/C16H31NO2/c1-12(2)8-14-6-5-7-15(9-14)17(10-13(3)4)11-16(18)19/h12-15H,5-11H2,1-4H3,(H,18,19). The Morgan fingerprint density at radius 1 is 1.21 bits per heavy atom. The molecular formula is C16H31NO2. The van der Waals surface area contributed by atoms with Crippen molar-refractivity contribution in [1.82, 2.24) is 4.90 Å². The van der Waals surface area contributed by atoms with Crippen LogP contribution in [0.25, 0.3) is 0 Å². The SMILES string of the molecule is CC(C)CC1CCCC(N(CC(=O)O)CC(C)C)C1. The van der Waals surface area contributed by atoms with Crippen molar-refractivity contribution in [3.63, 3.8) is 0 Å². The summed E-state index contributed by atoms with van der Waals surface area (Å²) in [6.45, 7) is 10.0. The van der Waals surface area contributed by atoms with E-state index in [-0.39, 0.29) is 6.54 Å². The van der Waals surface area contributed by atoms with Crippen molar-refractivity contribution in [2.75, 3.05) is 13.1 Å². The summed E-state index contributed by atoms with van der Waals surface area (Å²) < 4.78 is 0. The lowest BCUT2D eigenvalue weighted by Gasteiger charge is -2.38. The third kappa shape index (κ3) is 6.42. The Kier molecular flexibility index (Phi) is 6.84. The minimum Gasteiger partial charge on any atom is -0.480 e. The molecule has 0 bridgehead atoms. The molecule has 19 heavy (non-hydrogen) atoms. The lowest BCUT2D eigenvalue weighted by atomic mass is 9.80. The maximum Gasteiger partial charge on any atom is 0.317 e. The molecule has 0 aliphatic heterocycles. The van der Waals surface area contributed by atoms with Crippen molar-refractivity contribution >= 4 is 5.97 Å². The molecule has 0 saturated heterocycles. The molecule has 0 spiro atoms. The van der Waals surface area contributed by atoms with Gasteiger partial charge in [-0.25, -0.2) is 0 Å². The van der Waals surface area contributed by atoms with Crippen LogP contribution in [0.15, 0.2) is 0 Å². The summed E-state index contributed by atoms with van der Waals surface area (Å²) in [7, 11) is 0. The molecule has 112 valence electrons. The van der Waals surface area contributed by atoms with Gasteiger partial charge in [0.25, 0.3) is 0 Å². The number of rotatable bonds is 7. The van der Waals surface area contributed by atoms with Gasteiger partial charge in [0, 0.05) is 12.6 Å². The van der Waals surface area contributed by atoms with Crippen LogP contribution in [0.1, 0.15) is 59.8 Å². The van der Waals surface area contributed by atoms with Gasteiger partial charge in [-0.1, -0.05) is 40.5 Å². The van der Waals surface area contributed by atoms with E-state index in [1.54, 1.807) is 0 Å². The van der Waals surface area contributed by atoms with Crippen LogP contribution in [0.2, 0.25) is 0 Å². The first-order chi connectivity index (χ1) is 8.88. The Bertz CT molecular complexity index is 276. The smallest absolute Gasteiger partial charge is 0.317 e. The largest absolute Gasteiger partial charge is 0.480 e. The van der Waals surface area contributed by atoms with Crippen molar-refractivity contribution in [2.24, 2.45) is 17.8 Å². The third-order valence-electron chi connectivity index (χ3n) is 4.01. The first kappa shape index (κ1) is 16.5. The summed E-state index contributed by atoms with van der Waals surface area (Å²) in [5, 5.41) is 9.10. The minimum absolute atomic E-state index is 0.206. The summed E-state index contributed by atoms with van der Waals surface area (Å²) in [5.74, 6) is 1.39. The fraction of sp³-hybridized carbons (Fsp3) is 0.938. The number of carbonyl (C=O) groups is 1. The highest BCUT2D eigenvalue weighted by atomic mass is 16.4. The van der Waals surface area contributed by atoms with Gasteiger partial charge in [-0.3, -0.25) is 9.69 Å². The van der Waals surface area contributed by atoms with E-state index >= 15 is 0 Å². The van der Waals surface area contributed by atoms with Gasteiger partial charge in [0.05, 0.1) is 6.54 Å². The quantitative estimate of drug-likeness (QED) is 0.767. The van der Waals surface area contributed by atoms with Gasteiger partial charge in [-0.15, -0.1) is 0 Å². The summed E-state index contributed by atoms with van der Waals surface area (Å²) >= 11 is 0. The van der Waals surface area contributed by atoms with Gasteiger partial charge in [0.2, 0.25) is 0 Å². The second-order valence-electron chi connectivity index (χ2n) is 7.03. The summed E-state index contributed by atoms with van der Waals surface area (Å²) in [6.07, 6.45) is 6.25. The van der Waals surface area contributed by atoms with Crippen LogP contribution in [0, 0.1) is 17.8 Å². The fourth-order valence-corrected chi connectivity index (χ4v) is 3.46. The van der Waals surface area contributed by atoms with Crippen molar-refractivity contribution in [3.05, 3.63) is 0 Å². The van der Waals surface area contributed by atoms with Crippen molar-refractivity contribution in [1.29, 1.82) is 0 Å². The molecule has 2 atom stereocenters. The van der Waals surface area contributed by atoms with Crippen LogP contribution in [0.3, 0.4) is 0 Å². The average molecular weight is 269 g/mol. The molecule has 0 radical (unpaired) electrons. The molecule has 1 fully saturated rings. The topological polar surface area (TPSA) is 40.5 Å². The van der Waals surface area contributed by atoms with Crippen molar-refractivity contribution < 1.29 is 9.90 Å². The van der Waals surface area contributed by atoms with Gasteiger partial charge in [-0.05, 0) is 37.0 Å². The zero-order valence-electron chi connectivity index (χ0n) is 13.1. The molecule has 1 saturated carbocycles. The van der Waals surface area contributed by atoms with E-state index < -0.39 is 5.97 Å². The number of hydrogen-bond acceptors (Lipinski definition) is 2. The molecule has 0 amide bonds. The Balaban J connectivity index is 2.58. The monoisotopic (exact) mass is 269 g/mol. The molecule has 1 N–H and O–H groups in total. The lowest BCUT2D eigenvalue weighted by Crippen LogP contribution is -2.43. The van der Waals surface area contributed by atoms with E-state index in [9.17, 15) is 4.79 Å². The Hall–Kier alpha value is -0.570. The molecule has 1 rings (SSSR count). The van der Waals surface area contributed by atoms with Crippen LogP contribution < -0.4 is 0 Å². The van der Waals surface area contributed by atoms with Crippen LogP contribution in [-0.2, 0) is 4.79 Å². The number of aliphatic carboxylic acids is 1. The predicted molar refractivity (Wildman–Crippen MR) is 79.2 cm³/mol. The first-order valence-electron chi connectivity index (χ1n) is 7.84. The molecule has 0 heterocycles. The average Bonchev–Trinajstić information content (AvgIpc) is 2.26. The minimum atomic E-state index is -0.688. The second kappa shape index (κ2) is 7.88. The van der Waals surface area contributed by atoms with Gasteiger partial charge in [-0.2, -0.15) is 0 Å². The molecular weight excluding hydrogens is 238 g/mol. The number of carboxylic acids is 1. The summed E-state index contributed by atoms with van der Waals surface area (Å²) in [5.41, 5.74) is 0. The molecule has 3 nitrogen and oxygen atoms in total. The zero-order chi connectivity index (χ0) is 14.4. The molecule has 1 aliphatic rings. The Morgan fingerprint density at radius 3 is 2.42 bits per heavy atom. The first-order valence-corrected chi connectivity index (χ1v) is 7.84. The van der Waals surface area contributed by atoms with Gasteiger partial charge in [0.15, 0.2) is 0 Å². The normalized spacial score (nSPS) is 24.4. The summed E-state index contributed by atoms with van der Waals surface area (Å²) in [4.78, 5) is 13.3. The van der Waals surface area contributed by atoms with E-state index in [1.807, 2.05) is 0 Å². The van der Waals surface area contributed by atoms with E-state index in [0.717, 1.165) is 18.4 Å². The molecule has 0 aromatic heterocycles. The fourth-order valence-electron chi connectivity index (χ4n) is 3.46. The third-order valence-corrected chi connectivity index (χ3v) is 4.01.